The van der Waals surface area contributed by atoms with Crippen LogP contribution in [-0.4, -0.2) is 43.8 Å². The summed E-state index contributed by atoms with van der Waals surface area (Å²) < 4.78 is 79.0. The molecule has 9 nitrogen and oxygen atoms in total. The number of aromatic nitrogens is 3. The summed E-state index contributed by atoms with van der Waals surface area (Å²) in [5, 5.41) is 4.80. The molecule has 2 N–H and O–H groups in total. The molecule has 0 bridgehead atoms. The van der Waals surface area contributed by atoms with E-state index >= 15 is 0 Å². The highest BCUT2D eigenvalue weighted by Gasteiger charge is 2.26. The summed E-state index contributed by atoms with van der Waals surface area (Å²) in [6.07, 6.45) is 0.960. The molecule has 29 heavy (non-hydrogen) atoms. The lowest BCUT2D eigenvalue weighted by atomic mass is 10.2. The van der Waals surface area contributed by atoms with Crippen molar-refractivity contribution in [3.05, 3.63) is 29.2 Å². The maximum Gasteiger partial charge on any atom is 0.387 e. The molecule has 0 fully saturated rings. The van der Waals surface area contributed by atoms with E-state index in [1.165, 1.54) is 6.07 Å². The van der Waals surface area contributed by atoms with Gasteiger partial charge in [0.05, 0.1) is 24.8 Å². The van der Waals surface area contributed by atoms with Crippen LogP contribution in [0.2, 0.25) is 5.02 Å². The maximum atomic E-state index is 14.7. The van der Waals surface area contributed by atoms with E-state index in [0.717, 1.165) is 31.0 Å². The average molecular weight is 453 g/mol. The Labute approximate surface area is 166 Å². The van der Waals surface area contributed by atoms with Crippen LogP contribution in [-0.2, 0) is 10.0 Å². The minimum atomic E-state index is -4.27. The Morgan fingerprint density at radius 2 is 1.76 bits per heavy atom. The van der Waals surface area contributed by atoms with Gasteiger partial charge in [-0.25, -0.2) is 17.9 Å². The quantitative estimate of drug-likeness (QED) is 0.610. The zero-order chi connectivity index (χ0) is 21.5. The molecular formula is C15H12ClF3N4O5S. The number of benzene rings is 1. The first-order valence-corrected chi connectivity index (χ1v) is 9.48. The van der Waals surface area contributed by atoms with Crippen LogP contribution in [0.4, 0.5) is 13.2 Å². The van der Waals surface area contributed by atoms with E-state index in [1.807, 2.05) is 0 Å². The van der Waals surface area contributed by atoms with Gasteiger partial charge in [-0.1, -0.05) is 11.6 Å². The molecule has 3 aromatic rings. The molecule has 0 unspecified atom stereocenters. The predicted octanol–water partition coefficient (Wildman–Crippen LogP) is 2.48. The topological polar surface area (TPSA) is 119 Å². The zero-order valence-electron chi connectivity index (χ0n) is 14.7. The number of methoxy groups -OCH3 is 2. The molecule has 1 aromatic carbocycles. The van der Waals surface area contributed by atoms with Crippen molar-refractivity contribution in [3.63, 3.8) is 0 Å². The molecule has 2 aromatic heterocycles. The van der Waals surface area contributed by atoms with Crippen molar-refractivity contribution in [1.82, 2.24) is 14.5 Å². The summed E-state index contributed by atoms with van der Waals surface area (Å²) in [5.74, 6) is -2.88. The molecule has 0 aliphatic carbocycles. The van der Waals surface area contributed by atoms with E-state index in [0.29, 0.717) is 0 Å². The number of halogens is 4. The Morgan fingerprint density at radius 3 is 2.24 bits per heavy atom. The van der Waals surface area contributed by atoms with Gasteiger partial charge in [-0.05, 0) is 12.1 Å². The van der Waals surface area contributed by atoms with Gasteiger partial charge >= 0.3 is 6.61 Å². The van der Waals surface area contributed by atoms with Crippen LogP contribution in [0.25, 0.3) is 16.9 Å². The number of alkyl halides is 2. The van der Waals surface area contributed by atoms with Crippen molar-refractivity contribution >= 4 is 32.5 Å². The van der Waals surface area contributed by atoms with E-state index in [-0.39, 0.29) is 21.9 Å². The van der Waals surface area contributed by atoms with Gasteiger partial charge in [0.15, 0.2) is 5.82 Å². The second-order valence-electron chi connectivity index (χ2n) is 5.42. The van der Waals surface area contributed by atoms with Crippen molar-refractivity contribution in [2.75, 3.05) is 14.2 Å². The summed E-state index contributed by atoms with van der Waals surface area (Å²) >= 11 is 5.81. The second-order valence-corrected chi connectivity index (χ2v) is 7.35. The van der Waals surface area contributed by atoms with Crippen LogP contribution < -0.4 is 19.3 Å². The number of rotatable bonds is 6. The average Bonchev–Trinajstić information content (AvgIpc) is 3.05. The summed E-state index contributed by atoms with van der Waals surface area (Å²) in [4.78, 5) is 7.34. The van der Waals surface area contributed by atoms with Gasteiger partial charge in [0.1, 0.15) is 4.90 Å². The lowest BCUT2D eigenvalue weighted by Gasteiger charge is -2.14. The molecule has 3 rings (SSSR count). The summed E-state index contributed by atoms with van der Waals surface area (Å²) in [7, 11) is -2.04. The van der Waals surface area contributed by atoms with Crippen LogP contribution in [0, 0.1) is 5.82 Å². The Kier molecular flexibility index (Phi) is 5.47. The van der Waals surface area contributed by atoms with Gasteiger partial charge < -0.3 is 14.2 Å². The number of primary sulfonamides is 1. The molecule has 0 aliphatic rings. The fraction of sp³-hybridized carbons (Fsp3) is 0.200. The lowest BCUT2D eigenvalue weighted by Crippen LogP contribution is -2.12. The predicted molar refractivity (Wildman–Crippen MR) is 94.9 cm³/mol. The highest BCUT2D eigenvalue weighted by atomic mass is 35.5. The molecule has 2 heterocycles. The number of fused-ring (bicyclic) bond motifs is 1. The van der Waals surface area contributed by atoms with Crippen LogP contribution in [0.1, 0.15) is 0 Å². The molecule has 0 radical (unpaired) electrons. The first kappa shape index (κ1) is 21.0. The number of nitrogens with zero attached hydrogens (tertiary/aromatic N) is 3. The summed E-state index contributed by atoms with van der Waals surface area (Å²) in [5.41, 5.74) is -0.312. The first-order valence-electron chi connectivity index (χ1n) is 7.55. The minimum Gasteiger partial charge on any atom is -0.478 e. The van der Waals surface area contributed by atoms with Crippen molar-refractivity contribution in [2.24, 2.45) is 5.14 Å². The lowest BCUT2D eigenvalue weighted by molar-refractivity contribution is -0.0534. The number of ether oxygens (including phenoxy) is 3. The van der Waals surface area contributed by atoms with E-state index < -0.39 is 44.9 Å². The van der Waals surface area contributed by atoms with Crippen molar-refractivity contribution in [3.8, 4) is 23.5 Å². The summed E-state index contributed by atoms with van der Waals surface area (Å²) in [6, 6.07) is 2.40. The van der Waals surface area contributed by atoms with E-state index in [9.17, 15) is 21.6 Å². The molecule has 156 valence electrons. The highest BCUT2D eigenvalue weighted by molar-refractivity contribution is 7.89. The molecule has 0 aliphatic heterocycles. The number of sulfonamides is 1. The van der Waals surface area contributed by atoms with Gasteiger partial charge in [-0.2, -0.15) is 18.7 Å². The number of nitrogens with two attached hydrogens (primary N) is 1. The fourth-order valence-corrected chi connectivity index (χ4v) is 3.46. The zero-order valence-corrected chi connectivity index (χ0v) is 16.3. The minimum absolute atomic E-state index is 0.0937. The first-order chi connectivity index (χ1) is 13.6. The molecular weight excluding hydrogens is 441 g/mol. The van der Waals surface area contributed by atoms with Crippen molar-refractivity contribution in [2.45, 2.75) is 11.5 Å². The van der Waals surface area contributed by atoms with Gasteiger partial charge in [0.2, 0.25) is 21.7 Å². The maximum absolute atomic E-state index is 14.7. The molecule has 14 heteroatoms. The monoisotopic (exact) mass is 452 g/mol. The standard InChI is InChI=1S/C15H12ClF3N4O5S/c1-26-12-11(28-14(18)19)13(27-2)22-15(21-12)23-5-8(29(20,24)25)6-3-4-7(16)9(17)10(6)23/h3-5,14H,1-2H3,(H2,20,24,25). The molecule has 0 atom stereocenters. The van der Waals surface area contributed by atoms with Crippen LogP contribution in [0.3, 0.4) is 0 Å². The number of hydrogen-bond donors (Lipinski definition) is 1. The van der Waals surface area contributed by atoms with Gasteiger partial charge in [-0.15, -0.1) is 0 Å². The number of hydrogen-bond acceptors (Lipinski definition) is 7. The third-order valence-electron chi connectivity index (χ3n) is 3.73. The van der Waals surface area contributed by atoms with E-state index in [4.69, 9.17) is 26.2 Å². The molecule has 0 saturated carbocycles. The largest absolute Gasteiger partial charge is 0.478 e. The van der Waals surface area contributed by atoms with E-state index in [2.05, 4.69) is 14.7 Å². The van der Waals surface area contributed by atoms with Gasteiger partial charge in [0, 0.05) is 11.6 Å². The van der Waals surface area contributed by atoms with Crippen LogP contribution in [0.15, 0.2) is 23.2 Å². The third-order valence-corrected chi connectivity index (χ3v) is 4.96. The fourth-order valence-electron chi connectivity index (χ4n) is 2.58. The second kappa shape index (κ2) is 7.57. The van der Waals surface area contributed by atoms with Crippen molar-refractivity contribution < 1.29 is 35.8 Å². The smallest absolute Gasteiger partial charge is 0.387 e. The van der Waals surface area contributed by atoms with Crippen LogP contribution >= 0.6 is 11.6 Å². The molecule has 0 spiro atoms. The van der Waals surface area contributed by atoms with Gasteiger partial charge in [0.25, 0.3) is 11.8 Å². The molecule has 0 saturated heterocycles. The molecule has 0 amide bonds. The highest BCUT2D eigenvalue weighted by Crippen LogP contribution is 2.38. The Morgan fingerprint density at radius 1 is 1.17 bits per heavy atom. The Bertz CT molecular complexity index is 1180. The Hall–Kier alpha value is -2.77. The summed E-state index contributed by atoms with van der Waals surface area (Å²) in [6.45, 7) is -3.23. The van der Waals surface area contributed by atoms with E-state index in [1.54, 1.807) is 0 Å². The van der Waals surface area contributed by atoms with Gasteiger partial charge in [-0.3, -0.25) is 4.57 Å². The van der Waals surface area contributed by atoms with Crippen LogP contribution in [0.5, 0.6) is 17.5 Å². The Balaban J connectivity index is 2.38. The third kappa shape index (κ3) is 3.75. The normalized spacial score (nSPS) is 11.9. The SMILES string of the molecule is COc1nc(-n2cc(S(N)(=O)=O)c3ccc(Cl)c(F)c32)nc(OC)c1OC(F)F. The van der Waals surface area contributed by atoms with Crippen molar-refractivity contribution in [1.29, 1.82) is 0 Å².